The molecule has 0 saturated carbocycles. The molecule has 2 rings (SSSR count). The van der Waals surface area contributed by atoms with Crippen LogP contribution in [0.2, 0.25) is 5.02 Å². The molecule has 2 aromatic rings. The topological polar surface area (TPSA) is 38.3 Å². The van der Waals surface area contributed by atoms with Crippen molar-refractivity contribution in [2.24, 2.45) is 0 Å². The Labute approximate surface area is 117 Å². The molecule has 1 N–H and O–H groups in total. The van der Waals surface area contributed by atoms with Crippen LogP contribution in [0.25, 0.3) is 0 Å². The van der Waals surface area contributed by atoms with E-state index in [0.29, 0.717) is 22.9 Å². The quantitative estimate of drug-likeness (QED) is 0.930. The lowest BCUT2D eigenvalue weighted by atomic mass is 10.2. The highest BCUT2D eigenvalue weighted by atomic mass is 35.5. The van der Waals surface area contributed by atoms with E-state index < -0.39 is 0 Å². The molecule has 2 aromatic carbocycles. The van der Waals surface area contributed by atoms with Crippen LogP contribution >= 0.6 is 11.6 Å². The molecule has 0 unspecified atom stereocenters. The van der Waals surface area contributed by atoms with Gasteiger partial charge in [-0.05, 0) is 29.8 Å². The van der Waals surface area contributed by atoms with E-state index in [2.05, 4.69) is 5.32 Å². The Morgan fingerprint density at radius 1 is 1.21 bits per heavy atom. The van der Waals surface area contributed by atoms with Crippen LogP contribution in [-0.2, 0) is 6.54 Å². The van der Waals surface area contributed by atoms with Gasteiger partial charge in [0.2, 0.25) is 0 Å². The minimum atomic E-state index is -0.118. The van der Waals surface area contributed by atoms with E-state index in [-0.39, 0.29) is 5.91 Å². The molecule has 98 valence electrons. The van der Waals surface area contributed by atoms with E-state index >= 15 is 0 Å². The van der Waals surface area contributed by atoms with Gasteiger partial charge in [-0.2, -0.15) is 0 Å². The highest BCUT2D eigenvalue weighted by Crippen LogP contribution is 2.22. The fraction of sp³-hybridized carbons (Fsp3) is 0.133. The second-order valence-corrected chi connectivity index (χ2v) is 4.41. The fourth-order valence-electron chi connectivity index (χ4n) is 1.67. The molecule has 0 aliphatic heterocycles. The molecule has 0 radical (unpaired) electrons. The molecule has 0 aromatic heterocycles. The molecule has 0 saturated heterocycles. The lowest BCUT2D eigenvalue weighted by molar-refractivity contribution is 0.0951. The van der Waals surface area contributed by atoms with Gasteiger partial charge in [-0.1, -0.05) is 35.9 Å². The number of nitrogens with one attached hydrogen (secondary N) is 1. The van der Waals surface area contributed by atoms with Gasteiger partial charge in [0.25, 0.3) is 5.91 Å². The standard InChI is InChI=1S/C15H14ClNO2/c1-19-13-8-7-12(14(16)9-13)10-17-15(18)11-5-3-2-4-6-11/h2-9H,10H2,1H3,(H,17,18). The second kappa shape index (κ2) is 6.25. The number of amides is 1. The van der Waals surface area contributed by atoms with Crippen molar-refractivity contribution in [3.05, 3.63) is 64.7 Å². The summed E-state index contributed by atoms with van der Waals surface area (Å²) in [6.07, 6.45) is 0. The van der Waals surface area contributed by atoms with E-state index in [4.69, 9.17) is 16.3 Å². The Morgan fingerprint density at radius 2 is 1.95 bits per heavy atom. The summed E-state index contributed by atoms with van der Waals surface area (Å²) in [6.45, 7) is 0.385. The number of hydrogen-bond donors (Lipinski definition) is 1. The van der Waals surface area contributed by atoms with Gasteiger partial charge < -0.3 is 10.1 Å². The van der Waals surface area contributed by atoms with Crippen LogP contribution in [0.5, 0.6) is 5.75 Å². The van der Waals surface area contributed by atoms with Gasteiger partial charge in [0.05, 0.1) is 7.11 Å². The number of halogens is 1. The zero-order chi connectivity index (χ0) is 13.7. The Balaban J connectivity index is 2.01. The molecular weight excluding hydrogens is 262 g/mol. The van der Waals surface area contributed by atoms with Crippen molar-refractivity contribution in [1.82, 2.24) is 5.32 Å². The number of hydrogen-bond acceptors (Lipinski definition) is 2. The van der Waals surface area contributed by atoms with E-state index in [0.717, 1.165) is 5.56 Å². The largest absolute Gasteiger partial charge is 0.497 e. The van der Waals surface area contributed by atoms with Gasteiger partial charge in [-0.3, -0.25) is 4.79 Å². The average Bonchev–Trinajstić information content (AvgIpc) is 2.46. The summed E-state index contributed by atoms with van der Waals surface area (Å²) in [4.78, 5) is 11.9. The molecule has 3 nitrogen and oxygen atoms in total. The molecule has 0 spiro atoms. The minimum Gasteiger partial charge on any atom is -0.497 e. The summed E-state index contributed by atoms with van der Waals surface area (Å²) < 4.78 is 5.07. The second-order valence-electron chi connectivity index (χ2n) is 4.01. The monoisotopic (exact) mass is 275 g/mol. The Morgan fingerprint density at radius 3 is 2.58 bits per heavy atom. The van der Waals surface area contributed by atoms with Gasteiger partial charge in [0.15, 0.2) is 0 Å². The summed E-state index contributed by atoms with van der Waals surface area (Å²) >= 11 is 6.11. The maximum atomic E-state index is 11.9. The molecule has 0 atom stereocenters. The maximum absolute atomic E-state index is 11.9. The number of methoxy groups -OCH3 is 1. The third-order valence-corrected chi connectivity index (χ3v) is 3.09. The van der Waals surface area contributed by atoms with Crippen LogP contribution in [0.4, 0.5) is 0 Å². The third kappa shape index (κ3) is 3.48. The van der Waals surface area contributed by atoms with Crippen molar-refractivity contribution < 1.29 is 9.53 Å². The molecule has 0 fully saturated rings. The van der Waals surface area contributed by atoms with Crippen molar-refractivity contribution in [3.63, 3.8) is 0 Å². The van der Waals surface area contributed by atoms with Crippen LogP contribution in [-0.4, -0.2) is 13.0 Å². The number of benzene rings is 2. The van der Waals surface area contributed by atoms with Crippen molar-refractivity contribution in [3.8, 4) is 5.75 Å². The Bertz CT molecular complexity index is 570. The van der Waals surface area contributed by atoms with Gasteiger partial charge in [0.1, 0.15) is 5.75 Å². The number of carbonyl (C=O) groups excluding carboxylic acids is 1. The third-order valence-electron chi connectivity index (χ3n) is 2.74. The number of rotatable bonds is 4. The van der Waals surface area contributed by atoms with E-state index in [1.165, 1.54) is 0 Å². The smallest absolute Gasteiger partial charge is 0.251 e. The summed E-state index contributed by atoms with van der Waals surface area (Å²) in [5, 5.41) is 3.41. The molecule has 0 aliphatic carbocycles. The lowest BCUT2D eigenvalue weighted by Gasteiger charge is -2.08. The minimum absolute atomic E-state index is 0.118. The predicted molar refractivity (Wildman–Crippen MR) is 75.6 cm³/mol. The fourth-order valence-corrected chi connectivity index (χ4v) is 1.90. The molecule has 0 heterocycles. The van der Waals surface area contributed by atoms with Gasteiger partial charge in [-0.25, -0.2) is 0 Å². The van der Waals surface area contributed by atoms with Crippen molar-refractivity contribution in [2.45, 2.75) is 6.54 Å². The highest BCUT2D eigenvalue weighted by molar-refractivity contribution is 6.31. The lowest BCUT2D eigenvalue weighted by Crippen LogP contribution is -2.22. The van der Waals surface area contributed by atoms with Crippen LogP contribution in [0.1, 0.15) is 15.9 Å². The first kappa shape index (κ1) is 13.4. The average molecular weight is 276 g/mol. The van der Waals surface area contributed by atoms with E-state index in [1.54, 1.807) is 25.3 Å². The predicted octanol–water partition coefficient (Wildman–Crippen LogP) is 3.28. The molecule has 19 heavy (non-hydrogen) atoms. The van der Waals surface area contributed by atoms with Crippen LogP contribution in [0.3, 0.4) is 0 Å². The number of carbonyl (C=O) groups is 1. The zero-order valence-corrected chi connectivity index (χ0v) is 11.3. The van der Waals surface area contributed by atoms with Crippen molar-refractivity contribution >= 4 is 17.5 Å². The van der Waals surface area contributed by atoms with Crippen LogP contribution in [0, 0.1) is 0 Å². The normalized spacial score (nSPS) is 10.0. The Hall–Kier alpha value is -2.00. The van der Waals surface area contributed by atoms with Crippen LogP contribution in [0.15, 0.2) is 48.5 Å². The first-order valence-electron chi connectivity index (χ1n) is 5.86. The first-order chi connectivity index (χ1) is 9.20. The zero-order valence-electron chi connectivity index (χ0n) is 10.5. The summed E-state index contributed by atoms with van der Waals surface area (Å²) in [7, 11) is 1.59. The van der Waals surface area contributed by atoms with Gasteiger partial charge >= 0.3 is 0 Å². The van der Waals surface area contributed by atoms with Gasteiger partial charge in [0, 0.05) is 17.1 Å². The molecular formula is C15H14ClNO2. The van der Waals surface area contributed by atoms with Crippen LogP contribution < -0.4 is 10.1 Å². The number of ether oxygens (including phenoxy) is 1. The molecule has 4 heteroatoms. The van der Waals surface area contributed by atoms with Crippen molar-refractivity contribution in [1.29, 1.82) is 0 Å². The first-order valence-corrected chi connectivity index (χ1v) is 6.24. The Kier molecular flexibility index (Phi) is 4.42. The molecule has 0 aliphatic rings. The summed E-state index contributed by atoms with van der Waals surface area (Å²) in [5.41, 5.74) is 1.49. The highest BCUT2D eigenvalue weighted by Gasteiger charge is 2.06. The molecule has 1 amide bonds. The molecule has 0 bridgehead atoms. The van der Waals surface area contributed by atoms with Gasteiger partial charge in [-0.15, -0.1) is 0 Å². The summed E-state index contributed by atoms with van der Waals surface area (Å²) in [6, 6.07) is 14.4. The van der Waals surface area contributed by atoms with E-state index in [9.17, 15) is 4.79 Å². The summed E-state index contributed by atoms with van der Waals surface area (Å²) in [5.74, 6) is 0.579. The van der Waals surface area contributed by atoms with E-state index in [1.807, 2.05) is 30.3 Å². The SMILES string of the molecule is COc1ccc(CNC(=O)c2ccccc2)c(Cl)c1. The maximum Gasteiger partial charge on any atom is 0.251 e. The van der Waals surface area contributed by atoms with Crippen molar-refractivity contribution in [2.75, 3.05) is 7.11 Å².